The first kappa shape index (κ1) is 36.2. The van der Waals surface area contributed by atoms with Gasteiger partial charge in [-0.3, -0.25) is 19.4 Å². The number of halogens is 6. The molecule has 4 heterocycles. The second-order valence-electron chi connectivity index (χ2n) is 12.5. The number of hydrogen-bond acceptors (Lipinski definition) is 10. The van der Waals surface area contributed by atoms with Crippen LogP contribution in [0, 0.1) is 0 Å². The fourth-order valence-electron chi connectivity index (χ4n) is 6.52. The summed E-state index contributed by atoms with van der Waals surface area (Å²) < 4.78 is 81.6. The Kier molecular flexibility index (Phi) is 10.2. The number of nitrogens with one attached hydrogen (secondary N) is 4. The van der Waals surface area contributed by atoms with Gasteiger partial charge in [-0.05, 0) is 47.5 Å². The van der Waals surface area contributed by atoms with E-state index >= 15 is 0 Å². The maximum atomic E-state index is 13.3. The molecule has 52 heavy (non-hydrogen) atoms. The highest BCUT2D eigenvalue weighted by molar-refractivity contribution is 7.24. The molecular formula is C34H32F6N8O2S2. The standard InChI is InChI=1S/C34H32F6N8O2S2/c35-33(36,37)21-5-1-3-19(11-21)25-15-41-7-9-47(25)17-29(49)45-31-43-23-13-24-28(14-27(23)51-31)52-32(44-24)46-30(50)18-48-10-8-42-16-26(48)20-4-2-6-22(12-20)34(38,39)40/h1-6,11-14,25-26,41-42H,7-10,15-18H2,(H,43,45,49)(H,44,46,50). The zero-order valence-electron chi connectivity index (χ0n) is 27.3. The molecule has 0 saturated carbocycles. The van der Waals surface area contributed by atoms with Crippen molar-refractivity contribution in [3.8, 4) is 0 Å². The number of amides is 2. The van der Waals surface area contributed by atoms with Crippen LogP contribution in [0.4, 0.5) is 36.6 Å². The summed E-state index contributed by atoms with van der Waals surface area (Å²) in [5, 5.41) is 12.8. The molecule has 2 fully saturated rings. The molecule has 2 amide bonds. The number of fused-ring (bicyclic) bond motifs is 2. The average molecular weight is 763 g/mol. The number of piperazine rings is 2. The van der Waals surface area contributed by atoms with Crippen molar-refractivity contribution in [2.24, 2.45) is 0 Å². The van der Waals surface area contributed by atoms with Crippen molar-refractivity contribution in [3.63, 3.8) is 0 Å². The van der Waals surface area contributed by atoms with Gasteiger partial charge in [0.15, 0.2) is 10.3 Å². The van der Waals surface area contributed by atoms with Gasteiger partial charge in [0.2, 0.25) is 11.8 Å². The van der Waals surface area contributed by atoms with E-state index in [9.17, 15) is 35.9 Å². The Bertz CT molecular complexity index is 1910. The minimum absolute atomic E-state index is 0.0349. The molecule has 0 aliphatic carbocycles. The third-order valence-electron chi connectivity index (χ3n) is 8.99. The molecule has 2 saturated heterocycles. The van der Waals surface area contributed by atoms with Gasteiger partial charge < -0.3 is 21.3 Å². The maximum Gasteiger partial charge on any atom is 0.416 e. The smallest absolute Gasteiger partial charge is 0.314 e. The van der Waals surface area contributed by atoms with Crippen LogP contribution in [0.3, 0.4) is 0 Å². The van der Waals surface area contributed by atoms with Crippen LogP contribution < -0.4 is 21.3 Å². The van der Waals surface area contributed by atoms with E-state index in [2.05, 4.69) is 31.2 Å². The van der Waals surface area contributed by atoms with E-state index in [1.54, 1.807) is 18.2 Å². The first-order chi connectivity index (χ1) is 24.8. The third-order valence-corrected chi connectivity index (χ3v) is 10.9. The molecule has 2 aliphatic rings. The summed E-state index contributed by atoms with van der Waals surface area (Å²) in [5.41, 5.74) is 0.648. The Hall–Kier alpha value is -4.20. The first-order valence-corrected chi connectivity index (χ1v) is 18.0. The fourth-order valence-corrected chi connectivity index (χ4v) is 8.40. The highest BCUT2D eigenvalue weighted by Gasteiger charge is 2.34. The fraction of sp³-hybridized carbons (Fsp3) is 0.353. The van der Waals surface area contributed by atoms with E-state index < -0.39 is 35.6 Å². The van der Waals surface area contributed by atoms with Gasteiger partial charge in [0, 0.05) is 51.4 Å². The number of nitrogens with zero attached hydrogens (tertiary/aromatic N) is 4. The molecule has 2 aromatic heterocycles. The van der Waals surface area contributed by atoms with Gasteiger partial charge in [-0.15, -0.1) is 0 Å². The molecule has 3 aromatic carbocycles. The molecule has 5 aromatic rings. The zero-order valence-corrected chi connectivity index (χ0v) is 28.9. The number of carbonyl (C=O) groups excluding carboxylic acids is 2. The van der Waals surface area contributed by atoms with Crippen molar-refractivity contribution in [3.05, 3.63) is 82.9 Å². The molecule has 4 N–H and O–H groups in total. The van der Waals surface area contributed by atoms with Crippen molar-refractivity contribution in [2.75, 3.05) is 63.0 Å². The number of rotatable bonds is 8. The van der Waals surface area contributed by atoms with E-state index in [0.29, 0.717) is 71.7 Å². The summed E-state index contributed by atoms with van der Waals surface area (Å²) in [4.78, 5) is 39.0. The van der Waals surface area contributed by atoms with Crippen LogP contribution in [-0.4, -0.2) is 83.9 Å². The predicted octanol–water partition coefficient (Wildman–Crippen LogP) is 6.11. The highest BCUT2D eigenvalue weighted by Crippen LogP contribution is 2.36. The van der Waals surface area contributed by atoms with E-state index in [-0.39, 0.29) is 24.9 Å². The molecule has 2 unspecified atom stereocenters. The van der Waals surface area contributed by atoms with Crippen LogP contribution in [0.2, 0.25) is 0 Å². The lowest BCUT2D eigenvalue weighted by atomic mass is 10.0. The number of anilines is 2. The lowest BCUT2D eigenvalue weighted by Crippen LogP contribution is -2.48. The van der Waals surface area contributed by atoms with Gasteiger partial charge in [0.05, 0.1) is 44.6 Å². The van der Waals surface area contributed by atoms with Crippen LogP contribution in [0.15, 0.2) is 60.7 Å². The maximum absolute atomic E-state index is 13.3. The van der Waals surface area contributed by atoms with Gasteiger partial charge in [-0.2, -0.15) is 26.3 Å². The van der Waals surface area contributed by atoms with E-state index in [0.717, 1.165) is 33.7 Å². The van der Waals surface area contributed by atoms with Gasteiger partial charge in [-0.1, -0.05) is 46.9 Å². The Morgan fingerprint density at radius 2 is 1.13 bits per heavy atom. The molecule has 18 heteroatoms. The van der Waals surface area contributed by atoms with E-state index in [4.69, 9.17) is 0 Å². The second-order valence-corrected chi connectivity index (χ2v) is 14.6. The Morgan fingerprint density at radius 3 is 1.56 bits per heavy atom. The Balaban J connectivity index is 0.987. The number of alkyl halides is 6. The van der Waals surface area contributed by atoms with Crippen molar-refractivity contribution in [1.82, 2.24) is 30.4 Å². The monoisotopic (exact) mass is 762 g/mol. The molecule has 10 nitrogen and oxygen atoms in total. The SMILES string of the molecule is O=C(CN1CCNCC1c1cccc(C(F)(F)F)c1)Nc1nc2cc3nc(NC(=O)CN4CCNCC4c4cccc(C(F)(F)F)c4)sc3cc2s1. The van der Waals surface area contributed by atoms with E-state index in [1.165, 1.54) is 34.8 Å². The topological polar surface area (TPSA) is 115 Å². The van der Waals surface area contributed by atoms with Crippen LogP contribution in [0.5, 0.6) is 0 Å². The molecule has 7 rings (SSSR count). The summed E-state index contributed by atoms with van der Waals surface area (Å²) in [7, 11) is 0. The highest BCUT2D eigenvalue weighted by atomic mass is 32.1. The largest absolute Gasteiger partial charge is 0.416 e. The first-order valence-electron chi connectivity index (χ1n) is 16.3. The zero-order chi connectivity index (χ0) is 36.6. The summed E-state index contributed by atoms with van der Waals surface area (Å²) in [5.74, 6) is -0.690. The van der Waals surface area contributed by atoms with Crippen molar-refractivity contribution in [2.45, 2.75) is 24.4 Å². The number of benzene rings is 3. The lowest BCUT2D eigenvalue weighted by molar-refractivity contribution is -0.138. The van der Waals surface area contributed by atoms with Crippen LogP contribution in [-0.2, 0) is 21.9 Å². The van der Waals surface area contributed by atoms with Crippen molar-refractivity contribution < 1.29 is 35.9 Å². The molecule has 0 spiro atoms. The molecule has 0 bridgehead atoms. The molecule has 0 radical (unpaired) electrons. The van der Waals surface area contributed by atoms with Crippen LogP contribution in [0.25, 0.3) is 20.4 Å². The normalized spacial score (nSPS) is 19.3. The van der Waals surface area contributed by atoms with Gasteiger partial charge >= 0.3 is 12.4 Å². The average Bonchev–Trinajstić information content (AvgIpc) is 3.68. The predicted molar refractivity (Wildman–Crippen MR) is 187 cm³/mol. The number of thiazole rings is 2. The van der Waals surface area contributed by atoms with Gasteiger partial charge in [-0.25, -0.2) is 9.97 Å². The summed E-state index contributed by atoms with van der Waals surface area (Å²) in [6, 6.07) is 13.1. The second kappa shape index (κ2) is 14.7. The Labute approximate surface area is 301 Å². The number of aromatic nitrogens is 2. The summed E-state index contributed by atoms with van der Waals surface area (Å²) in [6.45, 7) is 2.86. The summed E-state index contributed by atoms with van der Waals surface area (Å²) >= 11 is 2.52. The molecule has 274 valence electrons. The number of hydrogen-bond donors (Lipinski definition) is 4. The minimum Gasteiger partial charge on any atom is -0.314 e. The molecular weight excluding hydrogens is 731 g/mol. The lowest BCUT2D eigenvalue weighted by Gasteiger charge is -2.36. The quantitative estimate of drug-likeness (QED) is 0.140. The minimum atomic E-state index is -4.47. The Morgan fingerprint density at radius 1 is 0.692 bits per heavy atom. The van der Waals surface area contributed by atoms with Gasteiger partial charge in [0.1, 0.15) is 0 Å². The van der Waals surface area contributed by atoms with Gasteiger partial charge in [0.25, 0.3) is 0 Å². The summed E-state index contributed by atoms with van der Waals surface area (Å²) in [6.07, 6.45) is -8.94. The van der Waals surface area contributed by atoms with Crippen molar-refractivity contribution >= 4 is 65.2 Å². The third kappa shape index (κ3) is 8.21. The van der Waals surface area contributed by atoms with Crippen LogP contribution >= 0.6 is 22.7 Å². The van der Waals surface area contributed by atoms with Crippen molar-refractivity contribution in [1.29, 1.82) is 0 Å². The number of carbonyl (C=O) groups is 2. The van der Waals surface area contributed by atoms with Crippen LogP contribution in [0.1, 0.15) is 34.3 Å². The van der Waals surface area contributed by atoms with E-state index in [1.807, 2.05) is 15.9 Å². The molecule has 2 atom stereocenters. The molecule has 2 aliphatic heterocycles.